The van der Waals surface area contributed by atoms with Crippen molar-refractivity contribution >= 4 is 5.97 Å². The Morgan fingerprint density at radius 2 is 2.27 bits per heavy atom. The van der Waals surface area contributed by atoms with Gasteiger partial charge in [0.15, 0.2) is 0 Å². The second kappa shape index (κ2) is 7.10. The number of terminal acetylenes is 1. The van der Waals surface area contributed by atoms with Crippen LogP contribution in [0.2, 0.25) is 0 Å². The number of carboxylic acid groups (broad SMARTS) is 1. The highest BCUT2D eigenvalue weighted by atomic mass is 16.5. The maximum Gasteiger partial charge on any atom is 0.303 e. The summed E-state index contributed by atoms with van der Waals surface area (Å²) >= 11 is 0. The fourth-order valence-corrected chi connectivity index (χ4v) is 0.611. The van der Waals surface area contributed by atoms with E-state index in [2.05, 4.69) is 5.92 Å². The second-order valence-electron chi connectivity index (χ2n) is 2.11. The molecule has 62 valence electrons. The van der Waals surface area contributed by atoms with Gasteiger partial charge in [0.1, 0.15) is 6.61 Å². The number of hydrogen-bond acceptors (Lipinski definition) is 2. The number of ether oxygens (including phenoxy) is 1. The van der Waals surface area contributed by atoms with Crippen LogP contribution >= 0.6 is 0 Å². The van der Waals surface area contributed by atoms with Crippen molar-refractivity contribution < 1.29 is 14.6 Å². The van der Waals surface area contributed by atoms with E-state index in [-0.39, 0.29) is 6.42 Å². The maximum atomic E-state index is 10.0. The minimum absolute atomic E-state index is 0.208. The lowest BCUT2D eigenvalue weighted by Crippen LogP contribution is -1.98. The van der Waals surface area contributed by atoms with Crippen molar-refractivity contribution in [3.8, 4) is 12.3 Å². The van der Waals surface area contributed by atoms with Crippen LogP contribution in [0.15, 0.2) is 0 Å². The molecule has 0 aliphatic heterocycles. The fourth-order valence-electron chi connectivity index (χ4n) is 0.611. The molecule has 0 rings (SSSR count). The lowest BCUT2D eigenvalue weighted by Gasteiger charge is -1.97. The minimum atomic E-state index is -0.762. The molecule has 0 spiro atoms. The summed E-state index contributed by atoms with van der Waals surface area (Å²) in [4.78, 5) is 10.0. The van der Waals surface area contributed by atoms with E-state index in [0.29, 0.717) is 19.6 Å². The van der Waals surface area contributed by atoms with Crippen LogP contribution in [-0.4, -0.2) is 24.3 Å². The average Bonchev–Trinajstić information content (AvgIpc) is 1.96. The van der Waals surface area contributed by atoms with Crippen LogP contribution in [-0.2, 0) is 9.53 Å². The van der Waals surface area contributed by atoms with Crippen LogP contribution in [0, 0.1) is 12.3 Å². The SMILES string of the molecule is C#CCOCCCCC(=O)O. The van der Waals surface area contributed by atoms with Gasteiger partial charge < -0.3 is 9.84 Å². The van der Waals surface area contributed by atoms with E-state index < -0.39 is 5.97 Å². The van der Waals surface area contributed by atoms with E-state index in [9.17, 15) is 4.79 Å². The van der Waals surface area contributed by atoms with Gasteiger partial charge >= 0.3 is 5.97 Å². The molecular weight excluding hydrogens is 144 g/mol. The molecule has 0 aliphatic rings. The van der Waals surface area contributed by atoms with Crippen LogP contribution in [0.3, 0.4) is 0 Å². The summed E-state index contributed by atoms with van der Waals surface area (Å²) < 4.78 is 4.94. The summed E-state index contributed by atoms with van der Waals surface area (Å²) in [5, 5.41) is 8.24. The Morgan fingerprint density at radius 3 is 2.82 bits per heavy atom. The van der Waals surface area contributed by atoms with Gasteiger partial charge in [-0.2, -0.15) is 0 Å². The summed E-state index contributed by atoms with van der Waals surface area (Å²) in [6.07, 6.45) is 6.54. The smallest absolute Gasteiger partial charge is 0.303 e. The molecule has 0 heterocycles. The number of carbonyl (C=O) groups is 1. The molecule has 0 atom stereocenters. The largest absolute Gasteiger partial charge is 0.481 e. The molecule has 0 saturated carbocycles. The zero-order valence-corrected chi connectivity index (χ0v) is 6.38. The van der Waals surface area contributed by atoms with Crippen LogP contribution in [0.5, 0.6) is 0 Å². The molecular formula is C8H12O3. The van der Waals surface area contributed by atoms with Crippen molar-refractivity contribution in [1.82, 2.24) is 0 Å². The van der Waals surface area contributed by atoms with Gasteiger partial charge in [0.2, 0.25) is 0 Å². The quantitative estimate of drug-likeness (QED) is 0.459. The number of rotatable bonds is 6. The molecule has 3 nitrogen and oxygen atoms in total. The molecule has 0 aromatic carbocycles. The van der Waals surface area contributed by atoms with Gasteiger partial charge in [-0.1, -0.05) is 5.92 Å². The van der Waals surface area contributed by atoms with Crippen molar-refractivity contribution in [2.75, 3.05) is 13.2 Å². The number of unbranched alkanes of at least 4 members (excludes halogenated alkanes) is 1. The molecule has 0 radical (unpaired) electrons. The first kappa shape index (κ1) is 9.99. The van der Waals surface area contributed by atoms with Gasteiger partial charge in [-0.25, -0.2) is 0 Å². The van der Waals surface area contributed by atoms with Gasteiger partial charge in [-0.15, -0.1) is 6.42 Å². The molecule has 1 N–H and O–H groups in total. The highest BCUT2D eigenvalue weighted by molar-refractivity contribution is 5.66. The van der Waals surface area contributed by atoms with Gasteiger partial charge in [0.05, 0.1) is 0 Å². The monoisotopic (exact) mass is 156 g/mol. The van der Waals surface area contributed by atoms with Crippen molar-refractivity contribution in [2.24, 2.45) is 0 Å². The molecule has 3 heteroatoms. The predicted octanol–water partition coefficient (Wildman–Crippen LogP) is 0.891. The van der Waals surface area contributed by atoms with E-state index in [4.69, 9.17) is 16.3 Å². The maximum absolute atomic E-state index is 10.0. The Hall–Kier alpha value is -1.01. The summed E-state index contributed by atoms with van der Waals surface area (Å²) in [6.45, 7) is 0.866. The van der Waals surface area contributed by atoms with Crippen LogP contribution < -0.4 is 0 Å². The fraction of sp³-hybridized carbons (Fsp3) is 0.625. The lowest BCUT2D eigenvalue weighted by molar-refractivity contribution is -0.137. The third kappa shape index (κ3) is 8.99. The molecule has 0 aliphatic carbocycles. The number of carboxylic acids is 1. The zero-order chi connectivity index (χ0) is 8.53. The Morgan fingerprint density at radius 1 is 1.55 bits per heavy atom. The van der Waals surface area contributed by atoms with Crippen LogP contribution in [0.4, 0.5) is 0 Å². The van der Waals surface area contributed by atoms with Gasteiger partial charge in [-0.05, 0) is 12.8 Å². The Kier molecular flexibility index (Phi) is 6.45. The van der Waals surface area contributed by atoms with Gasteiger partial charge in [0, 0.05) is 13.0 Å². The number of hydrogen-bond donors (Lipinski definition) is 1. The Bertz CT molecular complexity index is 146. The van der Waals surface area contributed by atoms with E-state index >= 15 is 0 Å². The molecule has 0 bridgehead atoms. The molecule has 0 amide bonds. The molecule has 11 heavy (non-hydrogen) atoms. The third-order valence-corrected chi connectivity index (χ3v) is 1.11. The Balaban J connectivity index is 2.92. The molecule has 0 unspecified atom stereocenters. The predicted molar refractivity (Wildman–Crippen MR) is 41.1 cm³/mol. The summed E-state index contributed by atoms with van der Waals surface area (Å²) in [6, 6.07) is 0. The Labute approximate surface area is 66.4 Å². The van der Waals surface area contributed by atoms with E-state index in [1.54, 1.807) is 0 Å². The molecule has 0 aromatic rings. The van der Waals surface area contributed by atoms with Crippen LogP contribution in [0.25, 0.3) is 0 Å². The second-order valence-corrected chi connectivity index (χ2v) is 2.11. The van der Waals surface area contributed by atoms with Crippen molar-refractivity contribution in [2.45, 2.75) is 19.3 Å². The topological polar surface area (TPSA) is 46.5 Å². The first-order valence-corrected chi connectivity index (χ1v) is 3.50. The number of aliphatic carboxylic acids is 1. The van der Waals surface area contributed by atoms with Crippen molar-refractivity contribution in [1.29, 1.82) is 0 Å². The molecule has 0 aromatic heterocycles. The normalized spacial score (nSPS) is 9.00. The molecule has 0 fully saturated rings. The summed E-state index contributed by atoms with van der Waals surface area (Å²) in [5.74, 6) is 1.57. The highest BCUT2D eigenvalue weighted by Gasteiger charge is 1.95. The first-order valence-electron chi connectivity index (χ1n) is 3.50. The van der Waals surface area contributed by atoms with Gasteiger partial charge in [-0.3, -0.25) is 4.79 Å². The van der Waals surface area contributed by atoms with E-state index in [1.807, 2.05) is 0 Å². The summed E-state index contributed by atoms with van der Waals surface area (Å²) in [5.41, 5.74) is 0. The van der Waals surface area contributed by atoms with E-state index in [1.165, 1.54) is 0 Å². The first-order chi connectivity index (χ1) is 5.27. The van der Waals surface area contributed by atoms with E-state index in [0.717, 1.165) is 6.42 Å². The van der Waals surface area contributed by atoms with Gasteiger partial charge in [0.25, 0.3) is 0 Å². The minimum Gasteiger partial charge on any atom is -0.481 e. The highest BCUT2D eigenvalue weighted by Crippen LogP contribution is 1.94. The third-order valence-electron chi connectivity index (χ3n) is 1.11. The lowest BCUT2D eigenvalue weighted by atomic mass is 10.2. The van der Waals surface area contributed by atoms with Crippen LogP contribution in [0.1, 0.15) is 19.3 Å². The summed E-state index contributed by atoms with van der Waals surface area (Å²) in [7, 11) is 0. The standard InChI is InChI=1S/C8H12O3/c1-2-6-11-7-4-3-5-8(9)10/h1H,3-7H2,(H,9,10). The van der Waals surface area contributed by atoms with Crippen molar-refractivity contribution in [3.05, 3.63) is 0 Å². The zero-order valence-electron chi connectivity index (χ0n) is 6.38. The molecule has 0 saturated heterocycles. The van der Waals surface area contributed by atoms with Crippen molar-refractivity contribution in [3.63, 3.8) is 0 Å². The average molecular weight is 156 g/mol.